The standard InChI is InChI=1S/C30H47NO5S/c1-8-9-12-23-13-10-11-19(2)28(34)21(4)29(35)30(6,7)26(32)17-27(33)36-25(15-14-23)20(3)16-24-18-37-22(5)31-24/h14,16,18-19,21,25-26,28,32,34H,8-13,15,17H2,1-7H3/b20-16-,23-14-/t19-,21+,25?,26?,28-/m0/s1. The predicted octanol–water partition coefficient (Wildman–Crippen LogP) is 6.44. The van der Waals surface area contributed by atoms with Crippen LogP contribution in [-0.2, 0) is 14.3 Å². The van der Waals surface area contributed by atoms with Gasteiger partial charge >= 0.3 is 5.97 Å². The van der Waals surface area contributed by atoms with Gasteiger partial charge in [0.1, 0.15) is 11.9 Å². The molecule has 208 valence electrons. The highest BCUT2D eigenvalue weighted by Gasteiger charge is 2.42. The molecular formula is C30H47NO5S. The minimum absolute atomic E-state index is 0.0447. The molecule has 0 fully saturated rings. The van der Waals surface area contributed by atoms with Crippen molar-refractivity contribution >= 4 is 29.2 Å². The molecule has 1 aliphatic rings. The first-order valence-corrected chi connectivity index (χ1v) is 14.6. The maximum atomic E-state index is 13.3. The largest absolute Gasteiger partial charge is 0.457 e. The molecule has 0 bridgehead atoms. The van der Waals surface area contributed by atoms with E-state index in [0.717, 1.165) is 54.8 Å². The van der Waals surface area contributed by atoms with E-state index in [0.29, 0.717) is 6.42 Å². The number of aromatic nitrogens is 1. The molecule has 2 N–H and O–H groups in total. The topological polar surface area (TPSA) is 96.7 Å². The lowest BCUT2D eigenvalue weighted by Gasteiger charge is -2.34. The van der Waals surface area contributed by atoms with E-state index >= 15 is 0 Å². The molecular weight excluding hydrogens is 486 g/mol. The minimum Gasteiger partial charge on any atom is -0.457 e. The number of esters is 1. The van der Waals surface area contributed by atoms with Gasteiger partial charge in [-0.05, 0) is 63.5 Å². The van der Waals surface area contributed by atoms with Gasteiger partial charge in [0.05, 0.1) is 34.7 Å². The Kier molecular flexibility index (Phi) is 12.2. The number of aliphatic hydroxyl groups excluding tert-OH is 2. The average Bonchev–Trinajstić information content (AvgIpc) is 3.26. The first-order chi connectivity index (χ1) is 17.4. The van der Waals surface area contributed by atoms with E-state index in [1.807, 2.05) is 32.2 Å². The van der Waals surface area contributed by atoms with Crippen molar-refractivity contribution in [2.45, 2.75) is 118 Å². The Morgan fingerprint density at radius 2 is 1.97 bits per heavy atom. The summed E-state index contributed by atoms with van der Waals surface area (Å²) in [5.41, 5.74) is 1.87. The molecule has 0 spiro atoms. The second kappa shape index (κ2) is 14.4. The average molecular weight is 534 g/mol. The van der Waals surface area contributed by atoms with Crippen molar-refractivity contribution in [1.29, 1.82) is 0 Å². The highest BCUT2D eigenvalue weighted by molar-refractivity contribution is 7.09. The summed E-state index contributed by atoms with van der Waals surface area (Å²) in [6.45, 7) is 13.1. The SMILES string of the molecule is CCCC/C1=C/CC(/C(C)=C\c2csc(C)n2)OC(=O)CC(O)C(C)(C)C(=O)[C@H](C)[C@@H](O)[C@@H](C)CCC1. The van der Waals surface area contributed by atoms with Gasteiger partial charge in [0.2, 0.25) is 0 Å². The molecule has 5 atom stereocenters. The summed E-state index contributed by atoms with van der Waals surface area (Å²) in [5.74, 6) is -1.47. The van der Waals surface area contributed by atoms with Crippen LogP contribution in [0.25, 0.3) is 6.08 Å². The van der Waals surface area contributed by atoms with Gasteiger partial charge in [-0.2, -0.15) is 0 Å². The van der Waals surface area contributed by atoms with Crippen LogP contribution in [0.5, 0.6) is 0 Å². The fraction of sp³-hybridized carbons (Fsp3) is 0.700. The van der Waals surface area contributed by atoms with Crippen molar-refractivity contribution in [2.75, 3.05) is 0 Å². The third-order valence-electron chi connectivity index (χ3n) is 7.76. The molecule has 0 aliphatic carbocycles. The predicted molar refractivity (Wildman–Crippen MR) is 150 cm³/mol. The van der Waals surface area contributed by atoms with Crippen molar-refractivity contribution in [3.05, 3.63) is 33.3 Å². The van der Waals surface area contributed by atoms with Crippen molar-refractivity contribution in [1.82, 2.24) is 4.98 Å². The zero-order valence-electron chi connectivity index (χ0n) is 23.8. The molecule has 1 aliphatic heterocycles. The number of rotatable bonds is 5. The lowest BCUT2D eigenvalue weighted by molar-refractivity contribution is -0.154. The van der Waals surface area contributed by atoms with E-state index in [1.54, 1.807) is 32.1 Å². The van der Waals surface area contributed by atoms with E-state index in [4.69, 9.17) is 4.74 Å². The fourth-order valence-corrected chi connectivity index (χ4v) is 5.52. The van der Waals surface area contributed by atoms with Gasteiger partial charge in [0.25, 0.3) is 0 Å². The van der Waals surface area contributed by atoms with Crippen LogP contribution < -0.4 is 0 Å². The number of carbonyl (C=O) groups excluding carboxylic acids is 2. The van der Waals surface area contributed by atoms with Crippen LogP contribution in [0.3, 0.4) is 0 Å². The second-order valence-corrected chi connectivity index (χ2v) is 12.4. The zero-order valence-corrected chi connectivity index (χ0v) is 24.6. The number of hydrogen-bond acceptors (Lipinski definition) is 7. The molecule has 0 radical (unpaired) electrons. The Hall–Kier alpha value is -1.83. The number of cyclic esters (lactones) is 1. The number of nitrogens with zero attached hydrogens (tertiary/aromatic N) is 1. The smallest absolute Gasteiger partial charge is 0.309 e. The summed E-state index contributed by atoms with van der Waals surface area (Å²) < 4.78 is 5.91. The first-order valence-electron chi connectivity index (χ1n) is 13.7. The van der Waals surface area contributed by atoms with Gasteiger partial charge in [-0.15, -0.1) is 11.3 Å². The van der Waals surface area contributed by atoms with Gasteiger partial charge in [0, 0.05) is 17.7 Å². The van der Waals surface area contributed by atoms with Gasteiger partial charge in [0.15, 0.2) is 0 Å². The summed E-state index contributed by atoms with van der Waals surface area (Å²) in [4.78, 5) is 30.8. The number of hydrogen-bond donors (Lipinski definition) is 2. The number of unbranched alkanes of at least 4 members (excludes halogenated alkanes) is 1. The van der Waals surface area contributed by atoms with Gasteiger partial charge in [-0.25, -0.2) is 4.98 Å². The number of aryl methyl sites for hydroxylation is 1. The Morgan fingerprint density at radius 3 is 2.59 bits per heavy atom. The van der Waals surface area contributed by atoms with Crippen molar-refractivity contribution in [2.24, 2.45) is 17.3 Å². The summed E-state index contributed by atoms with van der Waals surface area (Å²) in [6.07, 6.45) is 7.74. The number of aliphatic hydroxyl groups is 2. The van der Waals surface area contributed by atoms with E-state index in [2.05, 4.69) is 18.0 Å². The zero-order chi connectivity index (χ0) is 27.8. The molecule has 0 aromatic carbocycles. The van der Waals surface area contributed by atoms with E-state index in [1.165, 1.54) is 5.57 Å². The normalized spacial score (nSPS) is 30.5. The molecule has 7 heteroatoms. The number of Topliss-reactive ketones (excluding diaryl/α,β-unsaturated/α-hetero) is 1. The van der Waals surface area contributed by atoms with Gasteiger partial charge < -0.3 is 14.9 Å². The van der Waals surface area contributed by atoms with Crippen LogP contribution in [0.1, 0.15) is 104 Å². The molecule has 6 nitrogen and oxygen atoms in total. The molecule has 0 saturated carbocycles. The number of thiazole rings is 1. The quantitative estimate of drug-likeness (QED) is 0.334. The summed E-state index contributed by atoms with van der Waals surface area (Å²) >= 11 is 1.57. The Morgan fingerprint density at radius 1 is 1.27 bits per heavy atom. The molecule has 0 amide bonds. The van der Waals surface area contributed by atoms with Crippen molar-refractivity contribution in [3.63, 3.8) is 0 Å². The van der Waals surface area contributed by atoms with Crippen molar-refractivity contribution < 1.29 is 24.5 Å². The molecule has 0 saturated heterocycles. The highest BCUT2D eigenvalue weighted by atomic mass is 32.1. The van der Waals surface area contributed by atoms with Gasteiger partial charge in [-0.3, -0.25) is 9.59 Å². The van der Waals surface area contributed by atoms with Gasteiger partial charge in [-0.1, -0.05) is 52.7 Å². The monoisotopic (exact) mass is 533 g/mol. The van der Waals surface area contributed by atoms with Crippen LogP contribution in [-0.4, -0.2) is 45.3 Å². The fourth-order valence-electron chi connectivity index (χ4n) is 4.95. The molecule has 1 aromatic rings. The number of carbonyl (C=O) groups is 2. The molecule has 2 unspecified atom stereocenters. The molecule has 37 heavy (non-hydrogen) atoms. The summed E-state index contributed by atoms with van der Waals surface area (Å²) in [5, 5.41) is 24.8. The Bertz CT molecular complexity index is 963. The Labute approximate surface area is 227 Å². The summed E-state index contributed by atoms with van der Waals surface area (Å²) in [7, 11) is 0. The number of allylic oxidation sites excluding steroid dienone is 1. The van der Waals surface area contributed by atoms with Crippen LogP contribution in [0.15, 0.2) is 22.6 Å². The summed E-state index contributed by atoms with van der Waals surface area (Å²) in [6, 6.07) is 0. The third kappa shape index (κ3) is 9.15. The maximum Gasteiger partial charge on any atom is 0.309 e. The maximum absolute atomic E-state index is 13.3. The van der Waals surface area contributed by atoms with E-state index in [-0.39, 0.29) is 18.1 Å². The Balaban J connectivity index is 2.40. The van der Waals surface area contributed by atoms with Crippen molar-refractivity contribution in [3.8, 4) is 0 Å². The van der Waals surface area contributed by atoms with Crippen LogP contribution >= 0.6 is 11.3 Å². The lowest BCUT2D eigenvalue weighted by Crippen LogP contribution is -2.45. The minimum atomic E-state index is -1.22. The van der Waals surface area contributed by atoms with Crippen LogP contribution in [0.4, 0.5) is 0 Å². The third-order valence-corrected chi connectivity index (χ3v) is 8.55. The number of ether oxygens (including phenoxy) is 1. The second-order valence-electron chi connectivity index (χ2n) is 11.3. The first kappa shape index (κ1) is 31.4. The molecule has 2 heterocycles. The highest BCUT2D eigenvalue weighted by Crippen LogP contribution is 2.33. The van der Waals surface area contributed by atoms with Crippen LogP contribution in [0, 0.1) is 24.2 Å². The molecule has 1 aromatic heterocycles. The van der Waals surface area contributed by atoms with E-state index < -0.39 is 35.6 Å². The number of ketones is 1. The van der Waals surface area contributed by atoms with Crippen LogP contribution in [0.2, 0.25) is 0 Å². The van der Waals surface area contributed by atoms with E-state index in [9.17, 15) is 19.8 Å². The molecule has 2 rings (SSSR count). The lowest BCUT2D eigenvalue weighted by atomic mass is 9.73.